The van der Waals surface area contributed by atoms with Crippen LogP contribution in [0, 0.1) is 11.8 Å². The van der Waals surface area contributed by atoms with Crippen LogP contribution in [0.5, 0.6) is 5.75 Å². The second-order valence-electron chi connectivity index (χ2n) is 4.88. The van der Waals surface area contributed by atoms with E-state index in [1.807, 2.05) is 0 Å². The molecule has 1 unspecified atom stereocenters. The Hall–Kier alpha value is -1.71. The molecule has 1 amide bonds. The van der Waals surface area contributed by atoms with Crippen molar-refractivity contribution in [3.8, 4) is 5.75 Å². The Kier molecular flexibility index (Phi) is 5.01. The summed E-state index contributed by atoms with van der Waals surface area (Å²) in [5.41, 5.74) is 6.75. The summed E-state index contributed by atoms with van der Waals surface area (Å²) in [4.78, 5) is 12.0. The number of carbonyl (C=O) groups excluding carboxylic acids is 1. The molecule has 0 aliphatic carbocycles. The predicted octanol–water partition coefficient (Wildman–Crippen LogP) is 2.30. The van der Waals surface area contributed by atoms with Crippen molar-refractivity contribution in [2.45, 2.75) is 20.8 Å². The van der Waals surface area contributed by atoms with Gasteiger partial charge in [-0.25, -0.2) is 0 Å². The van der Waals surface area contributed by atoms with E-state index < -0.39 is 0 Å². The molecular formula is C14H22N2O2. The number of anilines is 1. The SMILES string of the molecule is COc1ccc(C(=O)NCC(C)C(C)C)c(N)c1. The van der Waals surface area contributed by atoms with E-state index in [2.05, 4.69) is 26.1 Å². The van der Waals surface area contributed by atoms with Crippen molar-refractivity contribution in [2.75, 3.05) is 19.4 Å². The molecule has 0 aliphatic heterocycles. The minimum atomic E-state index is -0.136. The molecule has 0 heterocycles. The van der Waals surface area contributed by atoms with Crippen molar-refractivity contribution in [1.82, 2.24) is 5.32 Å². The molecule has 3 N–H and O–H groups in total. The summed E-state index contributed by atoms with van der Waals surface area (Å²) >= 11 is 0. The lowest BCUT2D eigenvalue weighted by molar-refractivity contribution is 0.0946. The number of benzene rings is 1. The van der Waals surface area contributed by atoms with Gasteiger partial charge in [0.15, 0.2) is 0 Å². The highest BCUT2D eigenvalue weighted by molar-refractivity contribution is 5.99. The molecule has 0 aliphatic rings. The van der Waals surface area contributed by atoms with E-state index in [-0.39, 0.29) is 5.91 Å². The molecule has 0 saturated heterocycles. The zero-order chi connectivity index (χ0) is 13.7. The summed E-state index contributed by atoms with van der Waals surface area (Å²) < 4.78 is 5.05. The minimum absolute atomic E-state index is 0.136. The largest absolute Gasteiger partial charge is 0.497 e. The number of ether oxygens (including phenoxy) is 1. The van der Waals surface area contributed by atoms with Crippen molar-refractivity contribution in [3.05, 3.63) is 23.8 Å². The maximum atomic E-state index is 12.0. The fourth-order valence-electron chi connectivity index (χ4n) is 1.46. The van der Waals surface area contributed by atoms with Gasteiger partial charge < -0.3 is 15.8 Å². The third-order valence-electron chi connectivity index (χ3n) is 3.23. The summed E-state index contributed by atoms with van der Waals surface area (Å²) in [6.45, 7) is 7.04. The monoisotopic (exact) mass is 250 g/mol. The average molecular weight is 250 g/mol. The van der Waals surface area contributed by atoms with Gasteiger partial charge in [0.1, 0.15) is 5.75 Å². The predicted molar refractivity (Wildman–Crippen MR) is 73.7 cm³/mol. The fourth-order valence-corrected chi connectivity index (χ4v) is 1.46. The first kappa shape index (κ1) is 14.4. The molecule has 100 valence electrons. The van der Waals surface area contributed by atoms with Crippen molar-refractivity contribution in [1.29, 1.82) is 0 Å². The highest BCUT2D eigenvalue weighted by Crippen LogP contribution is 2.19. The van der Waals surface area contributed by atoms with E-state index in [1.165, 1.54) is 0 Å². The molecule has 4 nitrogen and oxygen atoms in total. The van der Waals surface area contributed by atoms with Crippen LogP contribution in [0.25, 0.3) is 0 Å². The number of nitrogens with one attached hydrogen (secondary N) is 1. The molecule has 0 radical (unpaired) electrons. The van der Waals surface area contributed by atoms with Gasteiger partial charge in [-0.15, -0.1) is 0 Å². The van der Waals surface area contributed by atoms with E-state index in [9.17, 15) is 4.79 Å². The number of nitrogen functional groups attached to an aromatic ring is 1. The first-order valence-corrected chi connectivity index (χ1v) is 6.17. The maximum absolute atomic E-state index is 12.0. The van der Waals surface area contributed by atoms with Crippen molar-refractivity contribution < 1.29 is 9.53 Å². The number of nitrogens with two attached hydrogens (primary N) is 1. The molecule has 1 atom stereocenters. The number of methoxy groups -OCH3 is 1. The highest BCUT2D eigenvalue weighted by Gasteiger charge is 2.13. The van der Waals surface area contributed by atoms with Crippen LogP contribution in [0.3, 0.4) is 0 Å². The van der Waals surface area contributed by atoms with Crippen LogP contribution in [0.2, 0.25) is 0 Å². The summed E-state index contributed by atoms with van der Waals surface area (Å²) in [7, 11) is 1.57. The molecule has 4 heteroatoms. The maximum Gasteiger partial charge on any atom is 0.253 e. The lowest BCUT2D eigenvalue weighted by Gasteiger charge is -2.16. The second-order valence-corrected chi connectivity index (χ2v) is 4.88. The van der Waals surface area contributed by atoms with Gasteiger partial charge in [0, 0.05) is 18.3 Å². The van der Waals surface area contributed by atoms with Gasteiger partial charge in [0.25, 0.3) is 5.91 Å². The molecule has 0 fully saturated rings. The molecular weight excluding hydrogens is 228 g/mol. The zero-order valence-corrected chi connectivity index (χ0v) is 11.5. The lowest BCUT2D eigenvalue weighted by Crippen LogP contribution is -2.30. The minimum Gasteiger partial charge on any atom is -0.497 e. The van der Waals surface area contributed by atoms with Crippen molar-refractivity contribution in [2.24, 2.45) is 11.8 Å². The van der Waals surface area contributed by atoms with Crippen LogP contribution in [0.1, 0.15) is 31.1 Å². The van der Waals surface area contributed by atoms with Crippen LogP contribution < -0.4 is 15.8 Å². The highest BCUT2D eigenvalue weighted by atomic mass is 16.5. The smallest absolute Gasteiger partial charge is 0.253 e. The number of amides is 1. The van der Waals surface area contributed by atoms with Gasteiger partial charge in [0.2, 0.25) is 0 Å². The van der Waals surface area contributed by atoms with Gasteiger partial charge >= 0.3 is 0 Å². The van der Waals surface area contributed by atoms with E-state index in [0.29, 0.717) is 35.4 Å². The third-order valence-corrected chi connectivity index (χ3v) is 3.23. The van der Waals surface area contributed by atoms with Crippen LogP contribution in [-0.4, -0.2) is 19.6 Å². The van der Waals surface area contributed by atoms with Crippen LogP contribution >= 0.6 is 0 Å². The Morgan fingerprint density at radius 2 is 2.06 bits per heavy atom. The van der Waals surface area contributed by atoms with Crippen LogP contribution in [-0.2, 0) is 0 Å². The number of rotatable bonds is 5. The Morgan fingerprint density at radius 1 is 1.39 bits per heavy atom. The standard InChI is InChI=1S/C14H22N2O2/c1-9(2)10(3)8-16-14(17)12-6-5-11(18-4)7-13(12)15/h5-7,9-10H,8,15H2,1-4H3,(H,16,17). The fraction of sp³-hybridized carbons (Fsp3) is 0.500. The molecule has 1 aromatic rings. The lowest BCUT2D eigenvalue weighted by atomic mass is 9.98. The molecule has 18 heavy (non-hydrogen) atoms. The van der Waals surface area contributed by atoms with E-state index in [1.54, 1.807) is 25.3 Å². The second kappa shape index (κ2) is 6.28. The average Bonchev–Trinajstić information content (AvgIpc) is 2.34. The van der Waals surface area contributed by atoms with E-state index >= 15 is 0 Å². The molecule has 1 rings (SSSR count). The Morgan fingerprint density at radius 3 is 2.56 bits per heavy atom. The number of hydrogen-bond donors (Lipinski definition) is 2. The first-order valence-electron chi connectivity index (χ1n) is 6.17. The van der Waals surface area contributed by atoms with Crippen molar-refractivity contribution >= 4 is 11.6 Å². The normalized spacial score (nSPS) is 12.3. The van der Waals surface area contributed by atoms with Gasteiger partial charge in [-0.1, -0.05) is 20.8 Å². The first-order chi connectivity index (χ1) is 8.45. The quantitative estimate of drug-likeness (QED) is 0.788. The summed E-state index contributed by atoms with van der Waals surface area (Å²) in [5, 5.41) is 2.90. The topological polar surface area (TPSA) is 64.3 Å². The van der Waals surface area contributed by atoms with E-state index in [4.69, 9.17) is 10.5 Å². The molecule has 0 aromatic heterocycles. The summed E-state index contributed by atoms with van der Waals surface area (Å²) in [6, 6.07) is 5.07. The van der Waals surface area contributed by atoms with Crippen LogP contribution in [0.15, 0.2) is 18.2 Å². The van der Waals surface area contributed by atoms with Crippen LogP contribution in [0.4, 0.5) is 5.69 Å². The van der Waals surface area contributed by atoms with Gasteiger partial charge in [-0.2, -0.15) is 0 Å². The summed E-state index contributed by atoms with van der Waals surface area (Å²) in [5.74, 6) is 1.49. The third kappa shape index (κ3) is 3.65. The Balaban J connectivity index is 2.67. The summed E-state index contributed by atoms with van der Waals surface area (Å²) in [6.07, 6.45) is 0. The molecule has 0 saturated carbocycles. The molecule has 1 aromatic carbocycles. The van der Waals surface area contributed by atoms with Gasteiger partial charge in [-0.05, 0) is 24.0 Å². The zero-order valence-electron chi connectivity index (χ0n) is 11.5. The van der Waals surface area contributed by atoms with Gasteiger partial charge in [0.05, 0.1) is 12.7 Å². The van der Waals surface area contributed by atoms with Crippen molar-refractivity contribution in [3.63, 3.8) is 0 Å². The number of carbonyl (C=O) groups is 1. The number of hydrogen-bond acceptors (Lipinski definition) is 3. The molecule has 0 bridgehead atoms. The Labute approximate surface area is 109 Å². The van der Waals surface area contributed by atoms with Gasteiger partial charge in [-0.3, -0.25) is 4.79 Å². The van der Waals surface area contributed by atoms with E-state index in [0.717, 1.165) is 0 Å². The Bertz CT molecular complexity index is 416. The molecule has 0 spiro atoms.